The van der Waals surface area contributed by atoms with Crippen LogP contribution in [0.1, 0.15) is 27.6 Å². The minimum absolute atomic E-state index is 0.0353. The van der Waals surface area contributed by atoms with E-state index >= 15 is 0 Å². The van der Waals surface area contributed by atoms with Crippen LogP contribution in [0.25, 0.3) is 0 Å². The van der Waals surface area contributed by atoms with Gasteiger partial charge in [-0.25, -0.2) is 4.98 Å². The number of nitrogens with zero attached hydrogens (tertiary/aromatic N) is 5. The Kier molecular flexibility index (Phi) is 5.21. The average molecular weight is 385 g/mol. The number of aromatic nitrogens is 2. The summed E-state index contributed by atoms with van der Waals surface area (Å²) in [6, 6.07) is 3.85. The van der Waals surface area contributed by atoms with Crippen LogP contribution in [-0.2, 0) is 4.74 Å². The minimum Gasteiger partial charge on any atom is -0.466 e. The smallest absolute Gasteiger partial charge is 0.257 e. The molecule has 0 N–H and O–H groups in total. The maximum Gasteiger partial charge on any atom is 0.257 e. The topological polar surface area (TPSA) is 74.9 Å². The van der Waals surface area contributed by atoms with E-state index in [0.29, 0.717) is 37.5 Å². The lowest BCUT2D eigenvalue weighted by Gasteiger charge is -2.35. The molecular weight excluding hydrogens is 358 g/mol. The number of anilines is 2. The molecule has 0 atom stereocenters. The molecule has 150 valence electrons. The molecule has 0 radical (unpaired) electrons. The standard InChI is InChI=1S/C20H27N5O3/c1-14-12-18(23-8-10-27-11-9-23)22-20(21-14)25-6-4-24(5-7-25)19(26)17-13-15(2)28-16(17)3/h12-13H,4-11H2,1-3H3. The van der Waals surface area contributed by atoms with Crippen LogP contribution in [0.3, 0.4) is 0 Å². The Morgan fingerprint density at radius 1 is 0.929 bits per heavy atom. The van der Waals surface area contributed by atoms with Crippen molar-refractivity contribution >= 4 is 17.7 Å². The van der Waals surface area contributed by atoms with Crippen molar-refractivity contribution in [3.8, 4) is 0 Å². The number of hydrogen-bond donors (Lipinski definition) is 0. The van der Waals surface area contributed by atoms with Crippen LogP contribution < -0.4 is 9.80 Å². The van der Waals surface area contributed by atoms with Gasteiger partial charge in [0, 0.05) is 51.0 Å². The van der Waals surface area contributed by atoms with E-state index in [2.05, 4.69) is 14.8 Å². The first-order valence-corrected chi connectivity index (χ1v) is 9.81. The predicted molar refractivity (Wildman–Crippen MR) is 106 cm³/mol. The molecule has 2 aromatic rings. The van der Waals surface area contributed by atoms with Crippen molar-refractivity contribution in [2.75, 3.05) is 62.3 Å². The Labute approximate surface area is 165 Å². The van der Waals surface area contributed by atoms with Crippen molar-refractivity contribution in [2.24, 2.45) is 0 Å². The van der Waals surface area contributed by atoms with Gasteiger partial charge in [0.1, 0.15) is 17.3 Å². The summed E-state index contributed by atoms with van der Waals surface area (Å²) >= 11 is 0. The van der Waals surface area contributed by atoms with E-state index in [4.69, 9.17) is 14.1 Å². The molecule has 0 saturated carbocycles. The van der Waals surface area contributed by atoms with Gasteiger partial charge < -0.3 is 23.9 Å². The number of aryl methyl sites for hydroxylation is 3. The highest BCUT2D eigenvalue weighted by Crippen LogP contribution is 2.21. The summed E-state index contributed by atoms with van der Waals surface area (Å²) in [5, 5.41) is 0. The van der Waals surface area contributed by atoms with Crippen LogP contribution >= 0.6 is 0 Å². The number of carbonyl (C=O) groups is 1. The highest BCUT2D eigenvalue weighted by molar-refractivity contribution is 5.95. The van der Waals surface area contributed by atoms with Crippen molar-refractivity contribution in [3.05, 3.63) is 34.9 Å². The Bertz CT molecular complexity index is 852. The lowest BCUT2D eigenvalue weighted by atomic mass is 10.2. The van der Waals surface area contributed by atoms with Gasteiger partial charge in [0.2, 0.25) is 5.95 Å². The summed E-state index contributed by atoms with van der Waals surface area (Å²) in [5.74, 6) is 3.18. The summed E-state index contributed by atoms with van der Waals surface area (Å²) in [5.41, 5.74) is 1.61. The first-order chi connectivity index (χ1) is 13.5. The van der Waals surface area contributed by atoms with Gasteiger partial charge in [-0.2, -0.15) is 4.98 Å². The molecule has 2 aliphatic rings. The molecule has 4 rings (SSSR count). The quantitative estimate of drug-likeness (QED) is 0.797. The van der Waals surface area contributed by atoms with Crippen LogP contribution in [0.5, 0.6) is 0 Å². The second-order valence-corrected chi connectivity index (χ2v) is 7.37. The number of carbonyl (C=O) groups excluding carboxylic acids is 1. The van der Waals surface area contributed by atoms with Gasteiger partial charge in [0.05, 0.1) is 18.8 Å². The zero-order valence-corrected chi connectivity index (χ0v) is 16.8. The molecule has 0 unspecified atom stereocenters. The first kappa shape index (κ1) is 18.7. The van der Waals surface area contributed by atoms with Gasteiger partial charge in [-0.15, -0.1) is 0 Å². The molecule has 0 spiro atoms. The van der Waals surface area contributed by atoms with Crippen molar-refractivity contribution < 1.29 is 13.9 Å². The molecule has 0 aromatic carbocycles. The SMILES string of the molecule is Cc1cc(N2CCOCC2)nc(N2CCN(C(=O)c3cc(C)oc3C)CC2)n1. The molecule has 0 aliphatic carbocycles. The van der Waals surface area contributed by atoms with Gasteiger partial charge in [-0.3, -0.25) is 4.79 Å². The van der Waals surface area contributed by atoms with E-state index in [1.165, 1.54) is 0 Å². The number of hydrogen-bond acceptors (Lipinski definition) is 7. The molecule has 8 heteroatoms. The maximum atomic E-state index is 12.8. The molecule has 0 bridgehead atoms. The third-order valence-corrected chi connectivity index (χ3v) is 5.29. The molecule has 1 amide bonds. The Morgan fingerprint density at radius 3 is 2.29 bits per heavy atom. The highest BCUT2D eigenvalue weighted by Gasteiger charge is 2.26. The Balaban J connectivity index is 1.44. The predicted octanol–water partition coefficient (Wildman–Crippen LogP) is 1.79. The van der Waals surface area contributed by atoms with Crippen LogP contribution in [0.4, 0.5) is 11.8 Å². The molecule has 2 fully saturated rings. The number of ether oxygens (including phenoxy) is 1. The third-order valence-electron chi connectivity index (χ3n) is 5.29. The fourth-order valence-corrected chi connectivity index (χ4v) is 3.76. The summed E-state index contributed by atoms with van der Waals surface area (Å²) in [4.78, 5) is 28.5. The number of amides is 1. The first-order valence-electron chi connectivity index (χ1n) is 9.81. The molecule has 2 aliphatic heterocycles. The lowest BCUT2D eigenvalue weighted by Crippen LogP contribution is -2.49. The summed E-state index contributed by atoms with van der Waals surface area (Å²) in [6.45, 7) is 11.6. The highest BCUT2D eigenvalue weighted by atomic mass is 16.5. The number of piperazine rings is 1. The zero-order valence-electron chi connectivity index (χ0n) is 16.8. The molecule has 8 nitrogen and oxygen atoms in total. The molecular formula is C20H27N5O3. The number of rotatable bonds is 3. The van der Waals surface area contributed by atoms with E-state index in [1.807, 2.05) is 37.8 Å². The largest absolute Gasteiger partial charge is 0.466 e. The van der Waals surface area contributed by atoms with Gasteiger partial charge in [-0.05, 0) is 26.8 Å². The number of morpholine rings is 1. The second-order valence-electron chi connectivity index (χ2n) is 7.37. The molecule has 2 saturated heterocycles. The number of furan rings is 1. The summed E-state index contributed by atoms with van der Waals surface area (Å²) in [7, 11) is 0. The molecule has 4 heterocycles. The fraction of sp³-hybridized carbons (Fsp3) is 0.550. The monoisotopic (exact) mass is 385 g/mol. The van der Waals surface area contributed by atoms with Crippen molar-refractivity contribution in [1.29, 1.82) is 0 Å². The van der Waals surface area contributed by atoms with E-state index in [1.54, 1.807) is 0 Å². The maximum absolute atomic E-state index is 12.8. The van der Waals surface area contributed by atoms with E-state index in [-0.39, 0.29) is 5.91 Å². The Morgan fingerprint density at radius 2 is 1.64 bits per heavy atom. The van der Waals surface area contributed by atoms with Gasteiger partial charge in [0.15, 0.2) is 0 Å². The van der Waals surface area contributed by atoms with Crippen molar-refractivity contribution in [3.63, 3.8) is 0 Å². The normalized spacial score (nSPS) is 17.9. The van der Waals surface area contributed by atoms with Crippen molar-refractivity contribution in [1.82, 2.24) is 14.9 Å². The third kappa shape index (κ3) is 3.82. The Hall–Kier alpha value is -2.61. The van der Waals surface area contributed by atoms with E-state index in [9.17, 15) is 4.79 Å². The van der Waals surface area contributed by atoms with Crippen molar-refractivity contribution in [2.45, 2.75) is 20.8 Å². The average Bonchev–Trinajstić information content (AvgIpc) is 3.06. The van der Waals surface area contributed by atoms with Crippen LogP contribution in [0, 0.1) is 20.8 Å². The summed E-state index contributed by atoms with van der Waals surface area (Å²) < 4.78 is 10.9. The van der Waals surface area contributed by atoms with E-state index < -0.39 is 0 Å². The molecule has 2 aromatic heterocycles. The van der Waals surface area contributed by atoms with E-state index in [0.717, 1.165) is 49.5 Å². The van der Waals surface area contributed by atoms with Gasteiger partial charge in [-0.1, -0.05) is 0 Å². The summed E-state index contributed by atoms with van der Waals surface area (Å²) in [6.07, 6.45) is 0. The zero-order chi connectivity index (χ0) is 19.7. The van der Waals surface area contributed by atoms with Crippen LogP contribution in [-0.4, -0.2) is 73.3 Å². The van der Waals surface area contributed by atoms with Gasteiger partial charge in [0.25, 0.3) is 5.91 Å². The van der Waals surface area contributed by atoms with Crippen LogP contribution in [0.2, 0.25) is 0 Å². The lowest BCUT2D eigenvalue weighted by molar-refractivity contribution is 0.0744. The second kappa shape index (κ2) is 7.79. The minimum atomic E-state index is 0.0353. The molecule has 28 heavy (non-hydrogen) atoms. The van der Waals surface area contributed by atoms with Gasteiger partial charge >= 0.3 is 0 Å². The van der Waals surface area contributed by atoms with Crippen LogP contribution in [0.15, 0.2) is 16.5 Å². The fourth-order valence-electron chi connectivity index (χ4n) is 3.76.